The quantitative estimate of drug-likeness (QED) is 0.527. The number of nitrogens with zero attached hydrogens (tertiary/aromatic N) is 1. The molecule has 0 radical (unpaired) electrons. The van der Waals surface area contributed by atoms with E-state index < -0.39 is 0 Å². The van der Waals surface area contributed by atoms with Crippen LogP contribution in [0.15, 0.2) is 30.3 Å². The summed E-state index contributed by atoms with van der Waals surface area (Å²) < 4.78 is 5.67. The van der Waals surface area contributed by atoms with Gasteiger partial charge >= 0.3 is 0 Å². The summed E-state index contributed by atoms with van der Waals surface area (Å²) in [5.41, 5.74) is 2.49. The summed E-state index contributed by atoms with van der Waals surface area (Å²) in [5.74, 6) is 0.553. The van der Waals surface area contributed by atoms with Gasteiger partial charge in [-0.25, -0.2) is 0 Å². The van der Waals surface area contributed by atoms with Gasteiger partial charge in [0, 0.05) is 12.0 Å². The number of ether oxygens (including phenoxy) is 1. The van der Waals surface area contributed by atoms with Crippen LogP contribution in [0.3, 0.4) is 0 Å². The van der Waals surface area contributed by atoms with E-state index in [4.69, 9.17) is 4.74 Å². The predicted octanol–water partition coefficient (Wildman–Crippen LogP) is 3.45. The van der Waals surface area contributed by atoms with Crippen LogP contribution in [0.25, 0.3) is 0 Å². The zero-order valence-corrected chi connectivity index (χ0v) is 12.6. The van der Waals surface area contributed by atoms with Crippen molar-refractivity contribution in [3.63, 3.8) is 0 Å². The monoisotopic (exact) mass is 265 g/mol. The molecule has 0 aliphatic carbocycles. The molecule has 0 fully saturated rings. The SMILES string of the molecule is CC(CCCOCc1ccccc1)C(=P)N(C)C. The highest BCUT2D eigenvalue weighted by molar-refractivity contribution is 7.20. The summed E-state index contributed by atoms with van der Waals surface area (Å²) in [5, 5.41) is 0. The van der Waals surface area contributed by atoms with Crippen molar-refractivity contribution in [3.05, 3.63) is 35.9 Å². The summed E-state index contributed by atoms with van der Waals surface area (Å²) >= 11 is 0. The molecule has 0 amide bonds. The fraction of sp³-hybridized carbons (Fsp3) is 0.533. The Hall–Kier alpha value is -0.690. The highest BCUT2D eigenvalue weighted by atomic mass is 31.0. The second kappa shape index (κ2) is 8.42. The van der Waals surface area contributed by atoms with Crippen molar-refractivity contribution in [2.45, 2.75) is 26.4 Å². The largest absolute Gasteiger partial charge is 0.377 e. The first-order valence-electron chi connectivity index (χ1n) is 6.48. The average Bonchev–Trinajstić information content (AvgIpc) is 2.38. The summed E-state index contributed by atoms with van der Waals surface area (Å²) in [6.45, 7) is 3.78. The Bertz CT molecular complexity index is 351. The average molecular weight is 265 g/mol. The van der Waals surface area contributed by atoms with Crippen LogP contribution >= 0.6 is 8.86 Å². The summed E-state index contributed by atoms with van der Waals surface area (Å²) in [6, 6.07) is 10.3. The van der Waals surface area contributed by atoms with E-state index >= 15 is 0 Å². The van der Waals surface area contributed by atoms with E-state index in [9.17, 15) is 0 Å². The van der Waals surface area contributed by atoms with Gasteiger partial charge in [-0.2, -0.15) is 0 Å². The predicted molar refractivity (Wildman–Crippen MR) is 81.5 cm³/mol. The zero-order chi connectivity index (χ0) is 13.4. The third-order valence-electron chi connectivity index (χ3n) is 2.99. The van der Waals surface area contributed by atoms with Crippen LogP contribution in [0.5, 0.6) is 0 Å². The van der Waals surface area contributed by atoms with Crippen LogP contribution in [-0.4, -0.2) is 31.0 Å². The Morgan fingerprint density at radius 2 is 1.94 bits per heavy atom. The van der Waals surface area contributed by atoms with E-state index in [1.54, 1.807) is 0 Å². The van der Waals surface area contributed by atoms with Crippen molar-refractivity contribution < 1.29 is 4.74 Å². The third kappa shape index (κ3) is 5.77. The van der Waals surface area contributed by atoms with Crippen LogP contribution in [0.1, 0.15) is 25.3 Å². The lowest BCUT2D eigenvalue weighted by atomic mass is 10.1. The van der Waals surface area contributed by atoms with Gasteiger partial charge in [0.2, 0.25) is 0 Å². The fourth-order valence-corrected chi connectivity index (χ4v) is 1.98. The molecule has 0 aromatic heterocycles. The topological polar surface area (TPSA) is 12.5 Å². The smallest absolute Gasteiger partial charge is 0.0716 e. The Kier molecular flexibility index (Phi) is 7.19. The van der Waals surface area contributed by atoms with Gasteiger partial charge < -0.3 is 4.74 Å². The number of rotatable bonds is 8. The maximum Gasteiger partial charge on any atom is 0.0716 e. The molecule has 2 nitrogen and oxygen atoms in total. The minimum atomic E-state index is 0.553. The molecule has 0 N–H and O–H groups in total. The van der Waals surface area contributed by atoms with Gasteiger partial charge in [0.25, 0.3) is 0 Å². The highest BCUT2D eigenvalue weighted by Crippen LogP contribution is 2.11. The highest BCUT2D eigenvalue weighted by Gasteiger charge is 2.08. The molecular formula is C15H24NOP. The molecule has 1 aromatic carbocycles. The second-order valence-corrected chi connectivity index (χ2v) is 5.37. The Labute approximate surface area is 113 Å². The van der Waals surface area contributed by atoms with E-state index in [-0.39, 0.29) is 0 Å². The van der Waals surface area contributed by atoms with Crippen molar-refractivity contribution in [3.8, 4) is 0 Å². The summed E-state index contributed by atoms with van der Waals surface area (Å²) in [7, 11) is 7.79. The first kappa shape index (κ1) is 15.4. The fourth-order valence-electron chi connectivity index (χ4n) is 1.83. The Morgan fingerprint density at radius 3 is 2.56 bits per heavy atom. The normalized spacial score (nSPS) is 12.7. The van der Waals surface area contributed by atoms with Crippen LogP contribution in [-0.2, 0) is 11.3 Å². The first-order chi connectivity index (χ1) is 8.61. The number of benzene rings is 1. The van der Waals surface area contributed by atoms with E-state index in [1.807, 2.05) is 18.2 Å². The maximum atomic E-state index is 5.67. The molecule has 0 aliphatic rings. The molecule has 0 saturated heterocycles. The van der Waals surface area contributed by atoms with Gasteiger partial charge in [-0.15, -0.1) is 8.86 Å². The van der Waals surface area contributed by atoms with Gasteiger partial charge in [0.1, 0.15) is 0 Å². The van der Waals surface area contributed by atoms with E-state index in [0.717, 1.165) is 19.4 Å². The molecule has 1 atom stereocenters. The molecule has 1 rings (SSSR count). The van der Waals surface area contributed by atoms with E-state index in [0.29, 0.717) is 12.5 Å². The number of hydrogen-bond acceptors (Lipinski definition) is 1. The third-order valence-corrected chi connectivity index (χ3v) is 3.93. The molecule has 0 saturated carbocycles. The Morgan fingerprint density at radius 1 is 1.28 bits per heavy atom. The molecule has 3 heteroatoms. The van der Waals surface area contributed by atoms with Gasteiger partial charge in [-0.1, -0.05) is 37.3 Å². The second-order valence-electron chi connectivity index (χ2n) is 4.86. The molecule has 100 valence electrons. The Balaban J connectivity index is 2.10. The number of hydrogen-bond donors (Lipinski definition) is 0. The molecule has 0 heterocycles. The lowest BCUT2D eigenvalue weighted by Gasteiger charge is -2.19. The first-order valence-corrected chi connectivity index (χ1v) is 6.98. The minimum absolute atomic E-state index is 0.553. The van der Waals surface area contributed by atoms with Crippen LogP contribution in [0.2, 0.25) is 0 Å². The lowest BCUT2D eigenvalue weighted by molar-refractivity contribution is 0.116. The maximum absolute atomic E-state index is 5.67. The van der Waals surface area contributed by atoms with Gasteiger partial charge in [-0.05, 0) is 38.4 Å². The van der Waals surface area contributed by atoms with Crippen LogP contribution in [0, 0.1) is 5.92 Å². The molecule has 0 aliphatic heterocycles. The van der Waals surface area contributed by atoms with Crippen molar-refractivity contribution >= 4 is 14.3 Å². The minimum Gasteiger partial charge on any atom is -0.377 e. The molecule has 1 aromatic rings. The summed E-state index contributed by atoms with van der Waals surface area (Å²) in [6.07, 6.45) is 2.24. The van der Waals surface area contributed by atoms with Crippen molar-refractivity contribution in [1.82, 2.24) is 4.90 Å². The molecular weight excluding hydrogens is 241 g/mol. The molecule has 1 unspecified atom stereocenters. The van der Waals surface area contributed by atoms with Crippen molar-refractivity contribution in [2.24, 2.45) is 5.92 Å². The van der Waals surface area contributed by atoms with Crippen LogP contribution in [0.4, 0.5) is 0 Å². The van der Waals surface area contributed by atoms with Gasteiger partial charge in [-0.3, -0.25) is 4.90 Å². The van der Waals surface area contributed by atoms with Crippen LogP contribution < -0.4 is 0 Å². The molecule has 0 bridgehead atoms. The van der Waals surface area contributed by atoms with Crippen molar-refractivity contribution in [1.29, 1.82) is 0 Å². The molecule has 18 heavy (non-hydrogen) atoms. The van der Waals surface area contributed by atoms with Gasteiger partial charge in [0.05, 0.1) is 6.61 Å². The summed E-state index contributed by atoms with van der Waals surface area (Å²) in [4.78, 5) is 2.12. The molecule has 0 spiro atoms. The zero-order valence-electron chi connectivity index (χ0n) is 11.6. The van der Waals surface area contributed by atoms with Crippen molar-refractivity contribution in [2.75, 3.05) is 20.7 Å². The van der Waals surface area contributed by atoms with E-state index in [2.05, 4.69) is 46.9 Å². The lowest BCUT2D eigenvalue weighted by Crippen LogP contribution is -2.25. The van der Waals surface area contributed by atoms with Gasteiger partial charge in [0.15, 0.2) is 0 Å². The standard InChI is InChI=1S/C15H24NOP/c1-13(15(18)16(2)3)8-7-11-17-12-14-9-5-4-6-10-14/h4-6,9-10,13,18H,7-8,11-12H2,1-3H3. The van der Waals surface area contributed by atoms with E-state index in [1.165, 1.54) is 11.0 Å².